The van der Waals surface area contributed by atoms with Gasteiger partial charge in [-0.25, -0.2) is 0 Å². The third-order valence-electron chi connectivity index (χ3n) is 2.18. The van der Waals surface area contributed by atoms with E-state index in [0.717, 1.165) is 12.0 Å². The van der Waals surface area contributed by atoms with Crippen molar-refractivity contribution in [2.24, 2.45) is 0 Å². The Balaban J connectivity index is 0. The van der Waals surface area contributed by atoms with E-state index in [9.17, 15) is 9.90 Å². The summed E-state index contributed by atoms with van der Waals surface area (Å²) in [6, 6.07) is 0. The van der Waals surface area contributed by atoms with Crippen molar-refractivity contribution in [3.63, 3.8) is 0 Å². The average molecular weight is 263 g/mol. The molecule has 4 heteroatoms. The van der Waals surface area contributed by atoms with E-state index in [1.165, 1.54) is 6.08 Å². The number of halogens is 1. The van der Waals surface area contributed by atoms with Crippen LogP contribution in [0.15, 0.2) is 24.8 Å². The molecule has 0 aliphatic rings. The fourth-order valence-corrected chi connectivity index (χ4v) is 0.877. The Kier molecular flexibility index (Phi) is 10.1. The van der Waals surface area contributed by atoms with Crippen molar-refractivity contribution in [3.8, 4) is 0 Å². The zero-order valence-corrected chi connectivity index (χ0v) is 11.6. The van der Waals surface area contributed by atoms with Gasteiger partial charge in [0, 0.05) is 6.42 Å². The van der Waals surface area contributed by atoms with Gasteiger partial charge in [-0.05, 0) is 26.7 Å². The summed E-state index contributed by atoms with van der Waals surface area (Å²) in [5.41, 5.74) is 0.138. The van der Waals surface area contributed by atoms with Crippen molar-refractivity contribution in [2.45, 2.75) is 51.0 Å². The lowest BCUT2D eigenvalue weighted by atomic mass is 9.98. The van der Waals surface area contributed by atoms with Crippen LogP contribution in [0.4, 0.5) is 0 Å². The summed E-state index contributed by atoms with van der Waals surface area (Å²) in [5.74, 6) is -0.745. The summed E-state index contributed by atoms with van der Waals surface area (Å²) in [6.07, 6.45) is 3.11. The van der Waals surface area contributed by atoms with Crippen LogP contribution in [-0.2, 0) is 4.79 Å². The van der Waals surface area contributed by atoms with Gasteiger partial charge in [0.15, 0.2) is 0 Å². The first-order valence-corrected chi connectivity index (χ1v) is 5.97. The molecule has 0 saturated heterocycles. The highest BCUT2D eigenvalue weighted by molar-refractivity contribution is 6.22. The van der Waals surface area contributed by atoms with E-state index in [1.54, 1.807) is 13.8 Å². The van der Waals surface area contributed by atoms with E-state index in [0.29, 0.717) is 6.42 Å². The molecular formula is C13H23ClO3. The molecule has 0 amide bonds. The van der Waals surface area contributed by atoms with Gasteiger partial charge in [0.1, 0.15) is 0 Å². The Morgan fingerprint density at radius 3 is 2.24 bits per heavy atom. The fourth-order valence-electron chi connectivity index (χ4n) is 0.767. The van der Waals surface area contributed by atoms with E-state index in [2.05, 4.69) is 13.2 Å². The van der Waals surface area contributed by atoms with Gasteiger partial charge >= 0.3 is 5.97 Å². The smallest absolute Gasteiger partial charge is 0.303 e. The number of aliphatic carboxylic acids is 1. The Morgan fingerprint density at radius 2 is 2.00 bits per heavy atom. The Hall–Kier alpha value is -0.800. The first-order chi connectivity index (χ1) is 7.66. The molecule has 3 nitrogen and oxygen atoms in total. The minimum atomic E-state index is -0.803. The predicted molar refractivity (Wildman–Crippen MR) is 72.4 cm³/mol. The number of hydrogen-bond acceptors (Lipinski definition) is 2. The largest absolute Gasteiger partial charge is 0.481 e. The molecule has 0 bridgehead atoms. The maximum atomic E-state index is 9.55. The summed E-state index contributed by atoms with van der Waals surface area (Å²) in [6.45, 7) is 12.5. The van der Waals surface area contributed by atoms with Gasteiger partial charge in [-0.3, -0.25) is 4.79 Å². The molecule has 17 heavy (non-hydrogen) atoms. The Morgan fingerprint density at radius 1 is 1.59 bits per heavy atom. The number of allylic oxidation sites excluding steroid dienone is 1. The lowest BCUT2D eigenvalue weighted by Gasteiger charge is -2.19. The number of rotatable bonds is 6. The van der Waals surface area contributed by atoms with Crippen LogP contribution in [0.1, 0.15) is 40.0 Å². The minimum absolute atomic E-state index is 0.0450. The molecule has 0 aliphatic carbocycles. The molecule has 0 rings (SSSR count). The molecule has 2 atom stereocenters. The van der Waals surface area contributed by atoms with Crippen molar-refractivity contribution in [1.82, 2.24) is 0 Å². The van der Waals surface area contributed by atoms with Crippen LogP contribution in [0, 0.1) is 0 Å². The normalized spacial score (nSPS) is 14.9. The molecule has 0 heterocycles. The van der Waals surface area contributed by atoms with E-state index >= 15 is 0 Å². The molecule has 0 aliphatic heterocycles. The van der Waals surface area contributed by atoms with E-state index in [-0.39, 0.29) is 11.8 Å². The topological polar surface area (TPSA) is 57.5 Å². The lowest BCUT2D eigenvalue weighted by Crippen LogP contribution is -2.21. The van der Waals surface area contributed by atoms with E-state index in [1.807, 2.05) is 6.92 Å². The summed E-state index contributed by atoms with van der Waals surface area (Å²) < 4.78 is 0. The van der Waals surface area contributed by atoms with Crippen LogP contribution in [0.25, 0.3) is 0 Å². The molecule has 100 valence electrons. The molecule has 0 aromatic carbocycles. The zero-order chi connectivity index (χ0) is 14.1. The first-order valence-electron chi connectivity index (χ1n) is 5.53. The molecule has 0 aromatic rings. The lowest BCUT2D eigenvalue weighted by molar-refractivity contribution is -0.136. The minimum Gasteiger partial charge on any atom is -0.481 e. The summed E-state index contributed by atoms with van der Waals surface area (Å²) in [4.78, 5) is 9.37. The quantitative estimate of drug-likeness (QED) is 0.570. The standard InChI is InChI=1S/C10H17ClO.C3H6O2/c1-5-10(4,12)7-6-9(11)8(2)3;1-2-3(4)5/h5,9,12H,1-2,6-7H2,3-4H3;2H2,1H3,(H,4,5). The number of carboxylic acids is 1. The van der Waals surface area contributed by atoms with Gasteiger partial charge < -0.3 is 10.2 Å². The second-order valence-electron chi connectivity index (χ2n) is 4.16. The van der Waals surface area contributed by atoms with Gasteiger partial charge in [0.2, 0.25) is 0 Å². The second-order valence-corrected chi connectivity index (χ2v) is 4.69. The third-order valence-corrected chi connectivity index (χ3v) is 2.77. The van der Waals surface area contributed by atoms with Crippen molar-refractivity contribution >= 4 is 17.6 Å². The van der Waals surface area contributed by atoms with E-state index < -0.39 is 11.6 Å². The van der Waals surface area contributed by atoms with Crippen molar-refractivity contribution in [3.05, 3.63) is 24.8 Å². The van der Waals surface area contributed by atoms with Crippen LogP contribution in [-0.4, -0.2) is 27.2 Å². The summed E-state index contributed by atoms with van der Waals surface area (Å²) in [5, 5.41) is 17.2. The molecule has 2 unspecified atom stereocenters. The highest BCUT2D eigenvalue weighted by Crippen LogP contribution is 2.20. The van der Waals surface area contributed by atoms with Crippen molar-refractivity contribution in [1.29, 1.82) is 0 Å². The van der Waals surface area contributed by atoms with Crippen LogP contribution >= 0.6 is 11.6 Å². The van der Waals surface area contributed by atoms with Gasteiger partial charge in [0.05, 0.1) is 11.0 Å². The first kappa shape index (κ1) is 18.6. The number of carboxylic acid groups (broad SMARTS) is 1. The van der Waals surface area contributed by atoms with Gasteiger partial charge in [-0.15, -0.1) is 18.2 Å². The molecule has 0 spiro atoms. The Labute approximate surface area is 109 Å². The van der Waals surface area contributed by atoms with Gasteiger partial charge in [-0.2, -0.15) is 0 Å². The summed E-state index contributed by atoms with van der Waals surface area (Å²) >= 11 is 5.93. The fraction of sp³-hybridized carbons (Fsp3) is 0.615. The number of hydrogen-bond donors (Lipinski definition) is 2. The Bertz CT molecular complexity index is 259. The number of carbonyl (C=O) groups is 1. The number of alkyl halides is 1. The van der Waals surface area contributed by atoms with Crippen LogP contribution in [0.2, 0.25) is 0 Å². The molecule has 2 N–H and O–H groups in total. The SMILES string of the molecule is C=CC(C)(O)CCC(Cl)C(=C)C.CCC(=O)O. The molecule has 0 aromatic heterocycles. The van der Waals surface area contributed by atoms with Crippen LogP contribution < -0.4 is 0 Å². The molecular weight excluding hydrogens is 240 g/mol. The molecule has 0 radical (unpaired) electrons. The van der Waals surface area contributed by atoms with Gasteiger partial charge in [0.25, 0.3) is 0 Å². The maximum Gasteiger partial charge on any atom is 0.303 e. The number of aliphatic hydroxyl groups is 1. The zero-order valence-electron chi connectivity index (χ0n) is 10.9. The molecule has 0 fully saturated rings. The maximum absolute atomic E-state index is 9.55. The van der Waals surface area contributed by atoms with Crippen molar-refractivity contribution < 1.29 is 15.0 Å². The van der Waals surface area contributed by atoms with Crippen molar-refractivity contribution in [2.75, 3.05) is 0 Å². The van der Waals surface area contributed by atoms with E-state index in [4.69, 9.17) is 16.7 Å². The second kappa shape index (κ2) is 9.25. The third kappa shape index (κ3) is 13.1. The van der Waals surface area contributed by atoms with Crippen LogP contribution in [0.3, 0.4) is 0 Å². The summed E-state index contributed by atoms with van der Waals surface area (Å²) in [7, 11) is 0. The van der Waals surface area contributed by atoms with Crippen LogP contribution in [0.5, 0.6) is 0 Å². The van der Waals surface area contributed by atoms with Gasteiger partial charge in [-0.1, -0.05) is 25.2 Å². The predicted octanol–water partition coefficient (Wildman–Crippen LogP) is 3.37. The monoisotopic (exact) mass is 262 g/mol. The average Bonchev–Trinajstić information content (AvgIpc) is 2.26. The molecule has 0 saturated carbocycles. The highest BCUT2D eigenvalue weighted by atomic mass is 35.5. The highest BCUT2D eigenvalue weighted by Gasteiger charge is 2.17.